The zero-order valence-corrected chi connectivity index (χ0v) is 10.9. The van der Waals surface area contributed by atoms with Crippen LogP contribution >= 0.6 is 0 Å². The third kappa shape index (κ3) is 3.27. The van der Waals surface area contributed by atoms with Gasteiger partial charge in [0, 0.05) is 0 Å². The van der Waals surface area contributed by atoms with Crippen molar-refractivity contribution >= 4 is 5.97 Å². The number of hydrogen-bond donors (Lipinski definition) is 1. The molecule has 1 atom stereocenters. The molecule has 0 radical (unpaired) electrons. The number of carbonyl (C=O) groups excluding carboxylic acids is 1. The minimum absolute atomic E-state index is 0.0194. The Morgan fingerprint density at radius 2 is 2.30 bits per heavy atom. The van der Waals surface area contributed by atoms with Crippen molar-refractivity contribution in [3.8, 4) is 0 Å². The second kappa shape index (κ2) is 5.78. The molecule has 6 nitrogen and oxygen atoms in total. The Balaban J connectivity index is 2.26. The smallest absolute Gasteiger partial charge is 0.390 e. The van der Waals surface area contributed by atoms with Crippen LogP contribution in [0.5, 0.6) is 0 Å². The van der Waals surface area contributed by atoms with Crippen LogP contribution in [0, 0.1) is 0 Å². The van der Waals surface area contributed by atoms with Crippen LogP contribution in [0.2, 0.25) is 0 Å². The first kappa shape index (κ1) is 14.8. The van der Waals surface area contributed by atoms with Crippen LogP contribution < -0.4 is 5.32 Å². The van der Waals surface area contributed by atoms with Gasteiger partial charge in [-0.3, -0.25) is 0 Å². The summed E-state index contributed by atoms with van der Waals surface area (Å²) in [5.41, 5.74) is 0.354. The van der Waals surface area contributed by atoms with E-state index in [1.807, 2.05) is 0 Å². The van der Waals surface area contributed by atoms with Gasteiger partial charge in [-0.05, 0) is 19.4 Å². The molecule has 0 bridgehead atoms. The van der Waals surface area contributed by atoms with Gasteiger partial charge in [0.1, 0.15) is 0 Å². The number of methoxy groups -OCH3 is 1. The van der Waals surface area contributed by atoms with Crippen molar-refractivity contribution in [2.45, 2.75) is 38.0 Å². The molecule has 1 fully saturated rings. The van der Waals surface area contributed by atoms with Crippen LogP contribution in [-0.2, 0) is 11.3 Å². The van der Waals surface area contributed by atoms with E-state index in [1.54, 1.807) is 0 Å². The summed E-state index contributed by atoms with van der Waals surface area (Å²) in [7, 11) is 1.20. The molecule has 0 saturated carbocycles. The van der Waals surface area contributed by atoms with Crippen molar-refractivity contribution in [3.63, 3.8) is 0 Å². The first-order valence-electron chi connectivity index (χ1n) is 6.24. The van der Waals surface area contributed by atoms with Gasteiger partial charge in [0.25, 0.3) is 0 Å². The number of aryl methyl sites for hydroxylation is 1. The van der Waals surface area contributed by atoms with Gasteiger partial charge in [-0.2, -0.15) is 13.2 Å². The molecular weight excluding hydrogens is 277 g/mol. The fraction of sp³-hybridized carbons (Fsp3) is 0.727. The third-order valence-electron chi connectivity index (χ3n) is 3.15. The molecule has 112 valence electrons. The van der Waals surface area contributed by atoms with Gasteiger partial charge in [-0.15, -0.1) is 5.10 Å². The van der Waals surface area contributed by atoms with Crippen LogP contribution in [-0.4, -0.2) is 40.8 Å². The average Bonchev–Trinajstić information content (AvgIpc) is 3.02. The highest BCUT2D eigenvalue weighted by Crippen LogP contribution is 2.27. The van der Waals surface area contributed by atoms with E-state index in [0.717, 1.165) is 24.1 Å². The van der Waals surface area contributed by atoms with E-state index in [9.17, 15) is 18.0 Å². The Bertz CT molecular complexity index is 481. The largest absolute Gasteiger partial charge is 0.464 e. The van der Waals surface area contributed by atoms with E-state index in [0.29, 0.717) is 5.69 Å². The van der Waals surface area contributed by atoms with Gasteiger partial charge in [0.15, 0.2) is 5.69 Å². The number of rotatable bonds is 4. The Morgan fingerprint density at radius 3 is 2.85 bits per heavy atom. The summed E-state index contributed by atoms with van der Waals surface area (Å²) in [6, 6.07) is -0.215. The van der Waals surface area contributed by atoms with E-state index < -0.39 is 18.6 Å². The first-order valence-corrected chi connectivity index (χ1v) is 6.24. The van der Waals surface area contributed by atoms with E-state index >= 15 is 0 Å². The monoisotopic (exact) mass is 292 g/mol. The number of aromatic nitrogens is 3. The predicted molar refractivity (Wildman–Crippen MR) is 62.0 cm³/mol. The quantitative estimate of drug-likeness (QED) is 0.850. The molecule has 0 aromatic carbocycles. The minimum Gasteiger partial charge on any atom is -0.464 e. The number of nitrogens with zero attached hydrogens (tertiary/aromatic N) is 3. The lowest BCUT2D eigenvalue weighted by molar-refractivity contribution is -0.137. The number of ether oxygens (including phenoxy) is 1. The lowest BCUT2D eigenvalue weighted by Crippen LogP contribution is -2.22. The third-order valence-corrected chi connectivity index (χ3v) is 3.15. The molecule has 1 aromatic heterocycles. The van der Waals surface area contributed by atoms with Gasteiger partial charge >= 0.3 is 12.1 Å². The topological polar surface area (TPSA) is 69.0 Å². The average molecular weight is 292 g/mol. The van der Waals surface area contributed by atoms with Gasteiger partial charge in [0.2, 0.25) is 0 Å². The summed E-state index contributed by atoms with van der Waals surface area (Å²) < 4.78 is 42.7. The summed E-state index contributed by atoms with van der Waals surface area (Å²) in [6.45, 7) is 0.386. The molecule has 1 aliphatic heterocycles. The second-order valence-electron chi connectivity index (χ2n) is 4.55. The maximum Gasteiger partial charge on any atom is 0.390 e. The lowest BCUT2D eigenvalue weighted by atomic mass is 10.1. The molecule has 1 aliphatic rings. The highest BCUT2D eigenvalue weighted by molar-refractivity contribution is 5.88. The van der Waals surface area contributed by atoms with Gasteiger partial charge in [-0.25, -0.2) is 9.48 Å². The fourth-order valence-electron chi connectivity index (χ4n) is 2.22. The minimum atomic E-state index is -4.28. The highest BCUT2D eigenvalue weighted by Gasteiger charge is 2.32. The molecular formula is C11H15F3N4O2. The van der Waals surface area contributed by atoms with Crippen LogP contribution in [0.1, 0.15) is 41.5 Å². The predicted octanol–water partition coefficient (Wildman–Crippen LogP) is 1.44. The Labute approximate surface area is 113 Å². The Hall–Kier alpha value is -1.64. The number of nitrogens with one attached hydrogen (secondary N) is 1. The molecule has 0 amide bonds. The number of alkyl halides is 3. The van der Waals surface area contributed by atoms with Gasteiger partial charge < -0.3 is 10.1 Å². The fourth-order valence-corrected chi connectivity index (χ4v) is 2.22. The van der Waals surface area contributed by atoms with Crippen LogP contribution in [0.15, 0.2) is 0 Å². The summed E-state index contributed by atoms with van der Waals surface area (Å²) in [5.74, 6) is -0.688. The molecule has 9 heteroatoms. The zero-order valence-electron chi connectivity index (χ0n) is 10.9. The molecule has 20 heavy (non-hydrogen) atoms. The molecule has 1 N–H and O–H groups in total. The van der Waals surface area contributed by atoms with Crippen LogP contribution in [0.4, 0.5) is 13.2 Å². The van der Waals surface area contributed by atoms with E-state index in [1.165, 1.54) is 7.11 Å². The maximum atomic E-state index is 12.3. The second-order valence-corrected chi connectivity index (χ2v) is 4.55. The first-order chi connectivity index (χ1) is 9.42. The number of esters is 1. The number of hydrogen-bond acceptors (Lipinski definition) is 5. The van der Waals surface area contributed by atoms with Crippen molar-refractivity contribution in [2.24, 2.45) is 0 Å². The van der Waals surface area contributed by atoms with E-state index in [4.69, 9.17) is 0 Å². The molecule has 0 spiro atoms. The maximum absolute atomic E-state index is 12.3. The van der Waals surface area contributed by atoms with Crippen molar-refractivity contribution in [1.82, 2.24) is 20.3 Å². The van der Waals surface area contributed by atoms with Crippen molar-refractivity contribution in [2.75, 3.05) is 13.7 Å². The number of halogens is 3. The molecule has 1 unspecified atom stereocenters. The molecule has 0 aliphatic carbocycles. The summed E-state index contributed by atoms with van der Waals surface area (Å²) in [5, 5.41) is 10.4. The van der Waals surface area contributed by atoms with E-state index in [2.05, 4.69) is 20.4 Å². The van der Waals surface area contributed by atoms with Crippen molar-refractivity contribution < 1.29 is 22.7 Å². The summed E-state index contributed by atoms with van der Waals surface area (Å²) in [4.78, 5) is 11.6. The summed E-state index contributed by atoms with van der Waals surface area (Å²) in [6.07, 6.45) is -3.69. The van der Waals surface area contributed by atoms with Crippen LogP contribution in [0.25, 0.3) is 0 Å². The Kier molecular flexibility index (Phi) is 4.26. The zero-order chi connectivity index (χ0) is 14.8. The molecule has 2 heterocycles. The lowest BCUT2D eigenvalue weighted by Gasteiger charge is -2.14. The molecule has 1 saturated heterocycles. The standard InChI is InChI=1S/C11H15F3N4O2/c1-20-10(19)8-9(7-3-2-5-15-7)18(17-16-8)6-4-11(12,13)14/h7,15H,2-6H2,1H3. The molecule has 1 aromatic rings. The summed E-state index contributed by atoms with van der Waals surface area (Å²) >= 11 is 0. The van der Waals surface area contributed by atoms with Crippen molar-refractivity contribution in [1.29, 1.82) is 0 Å². The molecule has 2 rings (SSSR count). The van der Waals surface area contributed by atoms with E-state index in [-0.39, 0.29) is 18.3 Å². The van der Waals surface area contributed by atoms with Gasteiger partial charge in [0.05, 0.1) is 31.8 Å². The Morgan fingerprint density at radius 1 is 1.55 bits per heavy atom. The SMILES string of the molecule is COC(=O)c1nnn(CCC(F)(F)F)c1C1CCCN1. The van der Waals surface area contributed by atoms with Gasteiger partial charge in [-0.1, -0.05) is 5.21 Å². The van der Waals surface area contributed by atoms with Crippen LogP contribution in [0.3, 0.4) is 0 Å². The van der Waals surface area contributed by atoms with Crippen molar-refractivity contribution in [3.05, 3.63) is 11.4 Å². The highest BCUT2D eigenvalue weighted by atomic mass is 19.4. The number of carbonyl (C=O) groups is 1. The normalized spacial score (nSPS) is 19.3.